The third-order valence-electron chi connectivity index (χ3n) is 1.27. The van der Waals surface area contributed by atoms with E-state index >= 15 is 0 Å². The Bertz CT molecular complexity index is 296. The average molecular weight is 228 g/mol. The van der Waals surface area contributed by atoms with Crippen LogP contribution in [0.2, 0.25) is 5.15 Å². The van der Waals surface area contributed by atoms with Crippen molar-refractivity contribution in [2.45, 2.75) is 12.5 Å². The van der Waals surface area contributed by atoms with E-state index in [0.29, 0.717) is 5.56 Å². The first-order valence-corrected chi connectivity index (χ1v) is 4.20. The summed E-state index contributed by atoms with van der Waals surface area (Å²) in [4.78, 5) is 3.59. The van der Waals surface area contributed by atoms with Crippen LogP contribution < -0.4 is 4.74 Å². The molecular formula is C7H5Cl2F2NO. The number of halogens is 4. The summed E-state index contributed by atoms with van der Waals surface area (Å²) in [5.74, 6) is -0.000926. The third-order valence-corrected chi connectivity index (χ3v) is 1.77. The van der Waals surface area contributed by atoms with Gasteiger partial charge in [-0.25, -0.2) is 4.98 Å². The Hall–Kier alpha value is -0.610. The number of hydrogen-bond donors (Lipinski definition) is 0. The number of ether oxygens (including phenoxy) is 1. The lowest BCUT2D eigenvalue weighted by Gasteiger charge is -2.07. The van der Waals surface area contributed by atoms with Crippen LogP contribution in [0, 0.1) is 0 Å². The third kappa shape index (κ3) is 2.97. The molecule has 1 rings (SSSR count). The van der Waals surface area contributed by atoms with Gasteiger partial charge in [0.05, 0.1) is 12.1 Å². The molecule has 0 saturated carbocycles. The predicted molar refractivity (Wildman–Crippen MR) is 45.4 cm³/mol. The minimum Gasteiger partial charge on any atom is -0.433 e. The Kier molecular flexibility index (Phi) is 3.69. The van der Waals surface area contributed by atoms with Crippen LogP contribution in [0.15, 0.2) is 12.3 Å². The summed E-state index contributed by atoms with van der Waals surface area (Å²) in [7, 11) is 0. The molecular weight excluding hydrogens is 223 g/mol. The van der Waals surface area contributed by atoms with E-state index in [-0.39, 0.29) is 16.8 Å². The standard InChI is InChI=1S/C7H5Cl2F2NO/c8-2-4-1-6(9)12-3-5(4)13-7(10)11/h1,3,7H,2H2. The summed E-state index contributed by atoms with van der Waals surface area (Å²) in [5.41, 5.74) is 0.391. The molecule has 1 aromatic rings. The van der Waals surface area contributed by atoms with Gasteiger partial charge in [0.2, 0.25) is 0 Å². The fourth-order valence-corrected chi connectivity index (χ4v) is 1.15. The van der Waals surface area contributed by atoms with Gasteiger partial charge in [0.1, 0.15) is 10.9 Å². The highest BCUT2D eigenvalue weighted by Gasteiger charge is 2.09. The van der Waals surface area contributed by atoms with Gasteiger partial charge in [-0.15, -0.1) is 11.6 Å². The van der Waals surface area contributed by atoms with Crippen LogP contribution in [0.1, 0.15) is 5.56 Å². The average Bonchev–Trinajstić information content (AvgIpc) is 2.07. The van der Waals surface area contributed by atoms with E-state index in [1.54, 1.807) is 0 Å². The van der Waals surface area contributed by atoms with Crippen LogP contribution in [0.25, 0.3) is 0 Å². The zero-order valence-corrected chi connectivity index (χ0v) is 7.82. The number of aromatic nitrogens is 1. The van der Waals surface area contributed by atoms with E-state index < -0.39 is 6.61 Å². The molecule has 1 heterocycles. The molecule has 0 saturated heterocycles. The van der Waals surface area contributed by atoms with E-state index in [0.717, 1.165) is 6.20 Å². The van der Waals surface area contributed by atoms with Gasteiger partial charge in [0.25, 0.3) is 0 Å². The highest BCUT2D eigenvalue weighted by Crippen LogP contribution is 2.23. The van der Waals surface area contributed by atoms with Crippen molar-refractivity contribution in [2.24, 2.45) is 0 Å². The van der Waals surface area contributed by atoms with E-state index in [4.69, 9.17) is 23.2 Å². The zero-order chi connectivity index (χ0) is 9.84. The molecule has 2 nitrogen and oxygen atoms in total. The van der Waals surface area contributed by atoms with Crippen molar-refractivity contribution < 1.29 is 13.5 Å². The summed E-state index contributed by atoms with van der Waals surface area (Å²) in [5, 5.41) is 0.192. The smallest absolute Gasteiger partial charge is 0.387 e. The van der Waals surface area contributed by atoms with Gasteiger partial charge in [0, 0.05) is 5.56 Å². The first-order chi connectivity index (χ1) is 6.13. The first kappa shape index (κ1) is 10.5. The van der Waals surface area contributed by atoms with Gasteiger partial charge in [-0.05, 0) is 6.07 Å². The van der Waals surface area contributed by atoms with Crippen LogP contribution in [-0.2, 0) is 5.88 Å². The number of alkyl halides is 3. The number of rotatable bonds is 3. The Morgan fingerprint density at radius 2 is 2.23 bits per heavy atom. The van der Waals surface area contributed by atoms with E-state index in [9.17, 15) is 8.78 Å². The van der Waals surface area contributed by atoms with E-state index in [1.165, 1.54) is 6.07 Å². The predicted octanol–water partition coefficient (Wildman–Crippen LogP) is 3.08. The molecule has 0 radical (unpaired) electrons. The monoisotopic (exact) mass is 227 g/mol. The van der Waals surface area contributed by atoms with Gasteiger partial charge in [-0.2, -0.15) is 8.78 Å². The molecule has 0 N–H and O–H groups in total. The number of pyridine rings is 1. The molecule has 0 atom stereocenters. The second-order valence-corrected chi connectivity index (χ2v) is 2.78. The summed E-state index contributed by atoms with van der Waals surface area (Å²) in [6.45, 7) is -2.88. The topological polar surface area (TPSA) is 22.1 Å². The van der Waals surface area contributed by atoms with Gasteiger partial charge in [0.15, 0.2) is 0 Å². The SMILES string of the molecule is FC(F)Oc1cnc(Cl)cc1CCl. The Balaban J connectivity index is 2.92. The Morgan fingerprint density at radius 3 is 2.77 bits per heavy atom. The van der Waals surface area contributed by atoms with Crippen molar-refractivity contribution >= 4 is 23.2 Å². The van der Waals surface area contributed by atoms with E-state index in [2.05, 4.69) is 9.72 Å². The minimum atomic E-state index is -2.88. The quantitative estimate of drug-likeness (QED) is 0.585. The Labute approximate surface area is 83.4 Å². The van der Waals surface area contributed by atoms with Crippen LogP contribution >= 0.6 is 23.2 Å². The summed E-state index contributed by atoms with van der Waals surface area (Å²) < 4.78 is 27.8. The molecule has 0 aliphatic rings. The second-order valence-electron chi connectivity index (χ2n) is 2.13. The van der Waals surface area contributed by atoms with Gasteiger partial charge in [-0.3, -0.25) is 0 Å². The molecule has 0 amide bonds. The number of hydrogen-bond acceptors (Lipinski definition) is 2. The molecule has 0 fully saturated rings. The maximum Gasteiger partial charge on any atom is 0.387 e. The lowest BCUT2D eigenvalue weighted by molar-refractivity contribution is -0.0505. The summed E-state index contributed by atoms with van der Waals surface area (Å²) >= 11 is 11.0. The van der Waals surface area contributed by atoms with Gasteiger partial charge in [-0.1, -0.05) is 11.6 Å². The largest absolute Gasteiger partial charge is 0.433 e. The maximum absolute atomic E-state index is 11.8. The second kappa shape index (κ2) is 4.58. The normalized spacial score (nSPS) is 10.5. The fraction of sp³-hybridized carbons (Fsp3) is 0.286. The van der Waals surface area contributed by atoms with Crippen LogP contribution in [-0.4, -0.2) is 11.6 Å². The molecule has 13 heavy (non-hydrogen) atoms. The van der Waals surface area contributed by atoms with Crippen LogP contribution in [0.4, 0.5) is 8.78 Å². The molecule has 0 bridgehead atoms. The lowest BCUT2D eigenvalue weighted by atomic mass is 10.3. The zero-order valence-electron chi connectivity index (χ0n) is 6.31. The molecule has 0 spiro atoms. The van der Waals surface area contributed by atoms with Crippen LogP contribution in [0.5, 0.6) is 5.75 Å². The molecule has 0 aliphatic heterocycles. The molecule has 72 valence electrons. The van der Waals surface area contributed by atoms with Crippen LogP contribution in [0.3, 0.4) is 0 Å². The molecule has 0 unspecified atom stereocenters. The van der Waals surface area contributed by atoms with Crippen molar-refractivity contribution in [2.75, 3.05) is 0 Å². The minimum absolute atomic E-state index is 0.0459. The maximum atomic E-state index is 11.8. The number of nitrogens with zero attached hydrogens (tertiary/aromatic N) is 1. The van der Waals surface area contributed by atoms with Crippen molar-refractivity contribution in [3.63, 3.8) is 0 Å². The fourth-order valence-electron chi connectivity index (χ4n) is 0.762. The highest BCUT2D eigenvalue weighted by atomic mass is 35.5. The molecule has 1 aromatic heterocycles. The molecule has 6 heteroatoms. The molecule has 0 aromatic carbocycles. The van der Waals surface area contributed by atoms with E-state index in [1.807, 2.05) is 0 Å². The van der Waals surface area contributed by atoms with Crippen molar-refractivity contribution in [1.29, 1.82) is 0 Å². The first-order valence-electron chi connectivity index (χ1n) is 3.28. The van der Waals surface area contributed by atoms with Crippen molar-refractivity contribution in [3.05, 3.63) is 23.0 Å². The van der Waals surface area contributed by atoms with Crippen molar-refractivity contribution in [3.8, 4) is 5.75 Å². The van der Waals surface area contributed by atoms with Crippen molar-refractivity contribution in [1.82, 2.24) is 4.98 Å². The summed E-state index contributed by atoms with van der Waals surface area (Å²) in [6, 6.07) is 1.38. The van der Waals surface area contributed by atoms with Gasteiger partial charge >= 0.3 is 6.61 Å². The lowest BCUT2D eigenvalue weighted by Crippen LogP contribution is -2.04. The Morgan fingerprint density at radius 1 is 1.54 bits per heavy atom. The highest BCUT2D eigenvalue weighted by molar-refractivity contribution is 6.29. The molecule has 0 aliphatic carbocycles. The summed E-state index contributed by atoms with van der Waals surface area (Å²) in [6.07, 6.45) is 1.12. The van der Waals surface area contributed by atoms with Gasteiger partial charge < -0.3 is 4.74 Å².